The summed E-state index contributed by atoms with van der Waals surface area (Å²) in [5, 5.41) is 10.5. The summed E-state index contributed by atoms with van der Waals surface area (Å²) in [4.78, 5) is 19.3. The highest BCUT2D eigenvalue weighted by atomic mass is 16.5. The summed E-state index contributed by atoms with van der Waals surface area (Å²) in [5.41, 5.74) is 1.31. The Balaban J connectivity index is 2.05. The van der Waals surface area contributed by atoms with E-state index in [0.29, 0.717) is 11.5 Å². The lowest BCUT2D eigenvalue weighted by Crippen LogP contribution is -2.22. The number of hydroxylamine groups is 2. The molecule has 0 fully saturated rings. The molecule has 1 aliphatic heterocycles. The van der Waals surface area contributed by atoms with Gasteiger partial charge in [0.1, 0.15) is 5.52 Å². The number of H-pyrrole nitrogens is 1. The number of allylic oxidation sites excluding steroid dienone is 1. The van der Waals surface area contributed by atoms with Gasteiger partial charge in [-0.1, -0.05) is 0 Å². The van der Waals surface area contributed by atoms with Crippen LogP contribution in [0.4, 0.5) is 0 Å². The molecule has 0 amide bonds. The van der Waals surface area contributed by atoms with Gasteiger partial charge in [0.05, 0.1) is 12.5 Å². The van der Waals surface area contributed by atoms with Gasteiger partial charge in [-0.2, -0.15) is 0 Å². The third kappa shape index (κ3) is 1.34. The molecule has 0 aliphatic carbocycles. The van der Waals surface area contributed by atoms with Crippen LogP contribution in [-0.4, -0.2) is 36.4 Å². The first-order chi connectivity index (χ1) is 7.84. The van der Waals surface area contributed by atoms with Crippen LogP contribution in [-0.2, 0) is 0 Å². The van der Waals surface area contributed by atoms with E-state index in [1.807, 2.05) is 0 Å². The maximum atomic E-state index is 9.57. The number of aromatic nitrogens is 4. The van der Waals surface area contributed by atoms with Crippen LogP contribution in [0.1, 0.15) is 12.0 Å². The summed E-state index contributed by atoms with van der Waals surface area (Å²) in [6.45, 7) is 0. The lowest BCUT2D eigenvalue weighted by Gasteiger charge is -2.21. The SMILES string of the molecule is ON1C=CC=NC1c1ncc2[nH]cnc2n1. The number of fused-ring (bicyclic) bond motifs is 1. The smallest absolute Gasteiger partial charge is 0.204 e. The first-order valence-corrected chi connectivity index (χ1v) is 4.68. The topological polar surface area (TPSA) is 90.3 Å². The van der Waals surface area contributed by atoms with Gasteiger partial charge in [0.2, 0.25) is 6.17 Å². The molecule has 1 aliphatic rings. The standard InChI is InChI=1S/C9H8N6O/c16-15-3-1-2-10-9(15)8-11-4-6-7(14-8)13-5-12-6/h1-5,9,16H,(H,11,12,13,14). The molecule has 3 rings (SSSR count). The monoisotopic (exact) mass is 216 g/mol. The van der Waals surface area contributed by atoms with Crippen molar-refractivity contribution in [1.82, 2.24) is 25.0 Å². The second-order valence-electron chi connectivity index (χ2n) is 3.26. The molecule has 2 aromatic rings. The fourth-order valence-electron chi connectivity index (χ4n) is 1.47. The highest BCUT2D eigenvalue weighted by molar-refractivity contribution is 5.72. The Morgan fingerprint density at radius 1 is 1.38 bits per heavy atom. The van der Waals surface area contributed by atoms with Crippen molar-refractivity contribution < 1.29 is 5.21 Å². The molecule has 16 heavy (non-hydrogen) atoms. The Kier molecular flexibility index (Phi) is 1.90. The van der Waals surface area contributed by atoms with Crippen molar-refractivity contribution in [2.24, 2.45) is 4.99 Å². The third-order valence-electron chi connectivity index (χ3n) is 2.23. The Morgan fingerprint density at radius 2 is 2.31 bits per heavy atom. The maximum absolute atomic E-state index is 9.57. The van der Waals surface area contributed by atoms with Crippen molar-refractivity contribution in [2.45, 2.75) is 6.17 Å². The molecule has 7 heteroatoms. The zero-order chi connectivity index (χ0) is 11.0. The van der Waals surface area contributed by atoms with E-state index >= 15 is 0 Å². The predicted molar refractivity (Wildman–Crippen MR) is 55.7 cm³/mol. The van der Waals surface area contributed by atoms with Crippen molar-refractivity contribution in [1.29, 1.82) is 0 Å². The van der Waals surface area contributed by atoms with Gasteiger partial charge in [0.25, 0.3) is 0 Å². The summed E-state index contributed by atoms with van der Waals surface area (Å²) in [7, 11) is 0. The highest BCUT2D eigenvalue weighted by Gasteiger charge is 2.19. The third-order valence-corrected chi connectivity index (χ3v) is 2.23. The fraction of sp³-hybridized carbons (Fsp3) is 0.111. The van der Waals surface area contributed by atoms with Gasteiger partial charge in [-0.05, 0) is 6.08 Å². The largest absolute Gasteiger partial charge is 0.342 e. The predicted octanol–water partition coefficient (Wildman–Crippen LogP) is 0.641. The number of rotatable bonds is 1. The Bertz CT molecular complexity index is 574. The molecular weight excluding hydrogens is 208 g/mol. The van der Waals surface area contributed by atoms with Crippen molar-refractivity contribution in [3.05, 3.63) is 30.6 Å². The molecule has 2 aromatic heterocycles. The number of aromatic amines is 1. The minimum Gasteiger partial charge on any atom is -0.342 e. The molecule has 0 saturated heterocycles. The number of hydrogen-bond donors (Lipinski definition) is 2. The summed E-state index contributed by atoms with van der Waals surface area (Å²) in [6.07, 6.45) is 7.27. The van der Waals surface area contributed by atoms with Crippen LogP contribution in [0.25, 0.3) is 11.2 Å². The van der Waals surface area contributed by atoms with E-state index in [0.717, 1.165) is 10.6 Å². The van der Waals surface area contributed by atoms with Gasteiger partial charge in [-0.15, -0.1) is 0 Å². The van der Waals surface area contributed by atoms with Gasteiger partial charge in [-0.25, -0.2) is 20.0 Å². The molecule has 0 spiro atoms. The Labute approximate surface area is 90.1 Å². The number of hydrogen-bond acceptors (Lipinski definition) is 6. The summed E-state index contributed by atoms with van der Waals surface area (Å²) < 4.78 is 0. The van der Waals surface area contributed by atoms with Gasteiger partial charge in [-0.3, -0.25) is 10.2 Å². The van der Waals surface area contributed by atoms with Crippen LogP contribution in [0.3, 0.4) is 0 Å². The fourth-order valence-corrected chi connectivity index (χ4v) is 1.47. The van der Waals surface area contributed by atoms with E-state index in [-0.39, 0.29) is 0 Å². The molecule has 0 aromatic carbocycles. The van der Waals surface area contributed by atoms with E-state index in [4.69, 9.17) is 0 Å². The minimum atomic E-state index is -0.605. The average molecular weight is 216 g/mol. The summed E-state index contributed by atoms with van der Waals surface area (Å²) in [6, 6.07) is 0. The first kappa shape index (κ1) is 8.98. The van der Waals surface area contributed by atoms with E-state index < -0.39 is 6.17 Å². The second-order valence-corrected chi connectivity index (χ2v) is 3.26. The Morgan fingerprint density at radius 3 is 3.19 bits per heavy atom. The number of imidazole rings is 1. The van der Waals surface area contributed by atoms with Gasteiger partial charge in [0, 0.05) is 12.4 Å². The number of nitrogens with one attached hydrogen (secondary N) is 1. The van der Waals surface area contributed by atoms with E-state index in [2.05, 4.69) is 24.9 Å². The normalized spacial score (nSPS) is 19.6. The lowest BCUT2D eigenvalue weighted by atomic mass is 10.4. The number of aliphatic imine (C=N–C) groups is 1. The van der Waals surface area contributed by atoms with Crippen molar-refractivity contribution in [3.63, 3.8) is 0 Å². The Hall–Kier alpha value is -2.28. The molecule has 3 heterocycles. The second kappa shape index (κ2) is 3.38. The summed E-state index contributed by atoms with van der Waals surface area (Å²) in [5.74, 6) is 0.405. The molecule has 0 bridgehead atoms. The molecule has 1 unspecified atom stereocenters. The molecular formula is C9H8N6O. The molecule has 2 N–H and O–H groups in total. The maximum Gasteiger partial charge on any atom is 0.204 e. The molecule has 1 atom stereocenters. The molecule has 7 nitrogen and oxygen atoms in total. The van der Waals surface area contributed by atoms with Gasteiger partial charge < -0.3 is 4.98 Å². The van der Waals surface area contributed by atoms with Crippen LogP contribution < -0.4 is 0 Å². The lowest BCUT2D eigenvalue weighted by molar-refractivity contribution is -0.0814. The van der Waals surface area contributed by atoms with Crippen LogP contribution >= 0.6 is 0 Å². The van der Waals surface area contributed by atoms with Crippen LogP contribution in [0.2, 0.25) is 0 Å². The number of nitrogens with zero attached hydrogens (tertiary/aromatic N) is 5. The van der Waals surface area contributed by atoms with Crippen LogP contribution in [0.15, 0.2) is 29.8 Å². The zero-order valence-corrected chi connectivity index (χ0v) is 8.15. The molecule has 0 saturated carbocycles. The van der Waals surface area contributed by atoms with E-state index in [1.165, 1.54) is 6.20 Å². The van der Waals surface area contributed by atoms with Gasteiger partial charge >= 0.3 is 0 Å². The van der Waals surface area contributed by atoms with E-state index in [1.54, 1.807) is 24.8 Å². The average Bonchev–Trinajstić information content (AvgIpc) is 2.76. The minimum absolute atomic E-state index is 0.405. The van der Waals surface area contributed by atoms with Crippen LogP contribution in [0, 0.1) is 0 Å². The van der Waals surface area contributed by atoms with Crippen molar-refractivity contribution in [2.75, 3.05) is 0 Å². The van der Waals surface area contributed by atoms with Crippen LogP contribution in [0.5, 0.6) is 0 Å². The summed E-state index contributed by atoms with van der Waals surface area (Å²) >= 11 is 0. The van der Waals surface area contributed by atoms with Crippen molar-refractivity contribution >= 4 is 17.4 Å². The van der Waals surface area contributed by atoms with Gasteiger partial charge in [0.15, 0.2) is 11.5 Å². The molecule has 0 radical (unpaired) electrons. The zero-order valence-electron chi connectivity index (χ0n) is 8.15. The highest BCUT2D eigenvalue weighted by Crippen LogP contribution is 2.20. The van der Waals surface area contributed by atoms with E-state index in [9.17, 15) is 5.21 Å². The quantitative estimate of drug-likeness (QED) is 0.730. The first-order valence-electron chi connectivity index (χ1n) is 4.68. The molecule has 80 valence electrons. The van der Waals surface area contributed by atoms with Crippen molar-refractivity contribution in [3.8, 4) is 0 Å².